The Bertz CT molecular complexity index is 1530. The van der Waals surface area contributed by atoms with Gasteiger partial charge >= 0.3 is 11.9 Å². The van der Waals surface area contributed by atoms with Crippen molar-refractivity contribution in [3.8, 4) is 0 Å². The number of aliphatic carboxylic acids is 2. The Morgan fingerprint density at radius 2 is 1.20 bits per heavy atom. The van der Waals surface area contributed by atoms with E-state index in [4.69, 9.17) is 28.4 Å². The molecule has 0 unspecified atom stereocenters. The molecule has 0 radical (unpaired) electrons. The maximum absolute atomic E-state index is 13.1. The molecule has 3 aliphatic rings. The Labute approximate surface area is 360 Å². The van der Waals surface area contributed by atoms with Gasteiger partial charge in [-0.3, -0.25) is 9.59 Å². The molecule has 3 aliphatic heterocycles. The molecule has 21 atom stereocenters. The molecule has 0 spiro atoms. The van der Waals surface area contributed by atoms with Crippen LogP contribution in [0.25, 0.3) is 0 Å². The van der Waals surface area contributed by atoms with Crippen LogP contribution in [0.15, 0.2) is 0 Å². The second kappa shape index (κ2) is 23.6. The zero-order valence-corrected chi connectivity index (χ0v) is 33.8. The van der Waals surface area contributed by atoms with E-state index in [9.17, 15) is 111 Å². The van der Waals surface area contributed by atoms with E-state index in [0.717, 1.165) is 6.92 Å². The van der Waals surface area contributed by atoms with Gasteiger partial charge in [0.1, 0.15) is 92.1 Å². The maximum Gasteiger partial charge on any atom is 0.364 e. The van der Waals surface area contributed by atoms with Gasteiger partial charge in [0.05, 0.1) is 57.3 Å². The van der Waals surface area contributed by atoms with Crippen molar-refractivity contribution in [2.24, 2.45) is 0 Å². The Hall–Kier alpha value is -3.00. The fourth-order valence-electron chi connectivity index (χ4n) is 7.35. The zero-order valence-electron chi connectivity index (χ0n) is 33.8. The van der Waals surface area contributed by atoms with Crippen LogP contribution in [0.3, 0.4) is 0 Å². The van der Waals surface area contributed by atoms with Crippen LogP contribution in [-0.4, -0.2) is 283 Å². The van der Waals surface area contributed by atoms with E-state index in [-0.39, 0.29) is 0 Å². The number of aliphatic hydroxyl groups excluding tert-OH is 16. The minimum atomic E-state index is -3.39. The summed E-state index contributed by atoms with van der Waals surface area (Å²) in [6, 6.07) is -3.77. The lowest BCUT2D eigenvalue weighted by Crippen LogP contribution is -2.71. The number of carboxylic acid groups (broad SMARTS) is 2. The number of ether oxygens (including phenoxy) is 6. The van der Waals surface area contributed by atoms with Gasteiger partial charge in [0.2, 0.25) is 11.8 Å². The van der Waals surface area contributed by atoms with E-state index in [1.807, 2.05) is 5.32 Å². The number of rotatable bonds is 23. The summed E-state index contributed by atoms with van der Waals surface area (Å²) in [6.45, 7) is -6.43. The van der Waals surface area contributed by atoms with Crippen LogP contribution in [0, 0.1) is 0 Å². The second-order valence-corrected chi connectivity index (χ2v) is 15.3. The Balaban J connectivity index is 2.09. The Morgan fingerprint density at radius 1 is 0.688 bits per heavy atom. The molecule has 20 N–H and O–H groups in total. The molecular weight excluding hydrogens is 884 g/mol. The quantitative estimate of drug-likeness (QED) is 0.0452. The highest BCUT2D eigenvalue weighted by molar-refractivity contribution is 5.78. The van der Waals surface area contributed by atoms with Gasteiger partial charge in [-0.15, -0.1) is 0 Å². The summed E-state index contributed by atoms with van der Waals surface area (Å²) in [4.78, 5) is 50.4. The third kappa shape index (κ3) is 12.3. The highest BCUT2D eigenvalue weighted by Gasteiger charge is 2.62. The van der Waals surface area contributed by atoms with Crippen LogP contribution in [0.5, 0.6) is 0 Å². The van der Waals surface area contributed by atoms with E-state index in [1.54, 1.807) is 0 Å². The SMILES string of the molecule is CC(=O)N[C@H]1[C@H]([C@H](O)[C@@H](CO)O[C@]2(C(=O)O)C[C@H](O)[C@@H](NC(=O)CO)[C@H]([C@H](O)[C@H](O)CO)O2)O[C@@](O[C@H]2[C@@H](O)[C@@H](CO)O[C@@H](O[C@@H]([C@H](O)[C@@H](O)CO)[C@H](O)CO)[C@@H]2O)(C(=O)O)C[C@@H]1O. The lowest BCUT2D eigenvalue weighted by atomic mass is 9.87. The molecule has 3 heterocycles. The summed E-state index contributed by atoms with van der Waals surface area (Å²) < 4.78 is 33.0. The van der Waals surface area contributed by atoms with Gasteiger partial charge in [-0.05, 0) is 0 Å². The molecule has 0 aliphatic carbocycles. The van der Waals surface area contributed by atoms with Crippen LogP contribution in [0.4, 0.5) is 0 Å². The Morgan fingerprint density at radius 3 is 1.69 bits per heavy atom. The summed E-state index contributed by atoms with van der Waals surface area (Å²) in [5.41, 5.74) is 0. The molecule has 0 aromatic heterocycles. The van der Waals surface area contributed by atoms with Gasteiger partial charge < -0.3 is 131 Å². The molecule has 3 fully saturated rings. The van der Waals surface area contributed by atoms with Crippen molar-refractivity contribution < 1.29 is 140 Å². The highest BCUT2D eigenvalue weighted by Crippen LogP contribution is 2.40. The van der Waals surface area contributed by atoms with E-state index < -0.39 is 204 Å². The number of hydrogen-bond acceptors (Lipinski definition) is 26. The molecule has 3 rings (SSSR count). The monoisotopic (exact) mass is 942 g/mol. The fourth-order valence-corrected chi connectivity index (χ4v) is 7.35. The summed E-state index contributed by atoms with van der Waals surface area (Å²) in [7, 11) is 0. The first-order chi connectivity index (χ1) is 29.9. The zero-order chi connectivity index (χ0) is 48.6. The molecule has 30 heteroatoms. The van der Waals surface area contributed by atoms with Crippen molar-refractivity contribution in [1.82, 2.24) is 10.6 Å². The van der Waals surface area contributed by atoms with Gasteiger partial charge in [-0.2, -0.15) is 0 Å². The molecule has 0 saturated carbocycles. The molecule has 0 aromatic rings. The number of carbonyl (C=O) groups is 4. The Kier molecular flexibility index (Phi) is 20.4. The minimum Gasteiger partial charge on any atom is -0.477 e. The van der Waals surface area contributed by atoms with E-state index in [1.165, 1.54) is 0 Å². The number of amides is 2. The van der Waals surface area contributed by atoms with E-state index in [2.05, 4.69) is 5.32 Å². The molecule has 30 nitrogen and oxygen atoms in total. The van der Waals surface area contributed by atoms with Crippen molar-refractivity contribution in [3.05, 3.63) is 0 Å². The van der Waals surface area contributed by atoms with Crippen LogP contribution < -0.4 is 10.6 Å². The third-order valence-corrected chi connectivity index (χ3v) is 10.7. The molecular formula is C34H58N2O28. The molecule has 0 aromatic carbocycles. The first-order valence-electron chi connectivity index (χ1n) is 19.4. The molecule has 3 saturated heterocycles. The minimum absolute atomic E-state index is 0.891. The van der Waals surface area contributed by atoms with Crippen molar-refractivity contribution in [2.45, 2.75) is 147 Å². The third-order valence-electron chi connectivity index (χ3n) is 10.7. The van der Waals surface area contributed by atoms with Gasteiger partial charge in [-0.1, -0.05) is 0 Å². The van der Waals surface area contributed by atoms with Crippen molar-refractivity contribution >= 4 is 23.8 Å². The lowest BCUT2D eigenvalue weighted by molar-refractivity contribution is -0.380. The first-order valence-corrected chi connectivity index (χ1v) is 19.4. The average Bonchev–Trinajstić information content (AvgIpc) is 3.26. The largest absolute Gasteiger partial charge is 0.477 e. The summed E-state index contributed by atoms with van der Waals surface area (Å²) in [6.07, 6.45) is -40.7. The van der Waals surface area contributed by atoms with Gasteiger partial charge in [0.25, 0.3) is 11.6 Å². The summed E-state index contributed by atoms with van der Waals surface area (Å²) in [5.74, 6) is -13.2. The van der Waals surface area contributed by atoms with Gasteiger partial charge in [0.15, 0.2) is 6.29 Å². The van der Waals surface area contributed by atoms with Crippen LogP contribution in [-0.2, 0) is 47.6 Å². The number of hydrogen-bond donors (Lipinski definition) is 20. The lowest BCUT2D eigenvalue weighted by Gasteiger charge is -2.51. The van der Waals surface area contributed by atoms with Gasteiger partial charge in [-0.25, -0.2) is 9.59 Å². The number of carbonyl (C=O) groups excluding carboxylic acids is 2. The first kappa shape index (κ1) is 55.3. The standard InChI is InChI=1S/C34H58N2O28/c1-10(43)35-19-11(44)3-34(32(57)58,64-29-23(52)16(7-40)59-30(25(29)54)60-26(15(48)6-39)21(50)13(46)4-37)63-28(19)24(53)17(8-41)61-33(31(55)56)2-12(45)20(36-18(49)9-42)27(62-33)22(51)14(47)5-38/h11-17,19-30,37-42,44-48,50-54H,2-9H2,1H3,(H,35,43)(H,36,49)(H,55,56)(H,57,58)/t11-,12-,13-,14+,15+,16+,17+,19+,20+,21+,22+,23-,24+,25+,26+,27+,28+,29-,30-,33+,34-/m0/s1. The molecule has 372 valence electrons. The van der Waals surface area contributed by atoms with Gasteiger partial charge in [0, 0.05) is 19.8 Å². The summed E-state index contributed by atoms with van der Waals surface area (Å²) >= 11 is 0. The normalized spacial score (nSPS) is 37.2. The maximum atomic E-state index is 13.1. The van der Waals surface area contributed by atoms with E-state index >= 15 is 0 Å². The predicted octanol–water partition coefficient (Wildman–Crippen LogP) is -12.4. The van der Waals surface area contributed by atoms with Crippen molar-refractivity contribution in [3.63, 3.8) is 0 Å². The van der Waals surface area contributed by atoms with Crippen molar-refractivity contribution in [1.29, 1.82) is 0 Å². The fraction of sp³-hybridized carbons (Fsp3) is 0.882. The van der Waals surface area contributed by atoms with E-state index in [0.29, 0.717) is 0 Å². The molecule has 64 heavy (non-hydrogen) atoms. The van der Waals surface area contributed by atoms with Crippen LogP contribution in [0.1, 0.15) is 19.8 Å². The second-order valence-electron chi connectivity index (χ2n) is 15.3. The number of aliphatic hydroxyl groups is 16. The molecule has 2 amide bonds. The number of carboxylic acids is 2. The smallest absolute Gasteiger partial charge is 0.364 e. The van der Waals surface area contributed by atoms with Crippen molar-refractivity contribution in [2.75, 3.05) is 39.6 Å². The average molecular weight is 943 g/mol. The van der Waals surface area contributed by atoms with Crippen LogP contribution >= 0.6 is 0 Å². The predicted molar refractivity (Wildman–Crippen MR) is 195 cm³/mol. The highest BCUT2D eigenvalue weighted by atomic mass is 16.8. The van der Waals surface area contributed by atoms with Crippen LogP contribution in [0.2, 0.25) is 0 Å². The molecule has 0 bridgehead atoms. The number of nitrogens with one attached hydrogen (secondary N) is 2. The topological polar surface area (TPSA) is 512 Å². The summed E-state index contributed by atoms with van der Waals surface area (Å²) in [5, 5.41) is 191.